The fraction of sp³-hybridized carbons (Fsp3) is 0. The van der Waals surface area contributed by atoms with E-state index in [4.69, 9.17) is 4.42 Å². The SMILES string of the molecule is c1ccc(-c2ccccc2N(c2cccc(-c3cccc4ccccc34)c2)c2ccccc2-c2ccc3c(c2)oc2ccccc23)cc1. The largest absolute Gasteiger partial charge is 0.456 e. The summed E-state index contributed by atoms with van der Waals surface area (Å²) in [5, 5.41) is 4.74. The van der Waals surface area contributed by atoms with Gasteiger partial charge < -0.3 is 9.32 Å². The summed E-state index contributed by atoms with van der Waals surface area (Å²) in [6, 6.07) is 67.0. The summed E-state index contributed by atoms with van der Waals surface area (Å²) < 4.78 is 6.35. The molecule has 0 amide bonds. The minimum absolute atomic E-state index is 0.887. The molecule has 0 saturated heterocycles. The predicted octanol–water partition coefficient (Wildman–Crippen LogP) is 13.2. The number of furan rings is 1. The predicted molar refractivity (Wildman–Crippen MR) is 202 cm³/mol. The van der Waals surface area contributed by atoms with Gasteiger partial charge in [-0.1, -0.05) is 146 Å². The lowest BCUT2D eigenvalue weighted by atomic mass is 9.96. The summed E-state index contributed by atoms with van der Waals surface area (Å²) in [5.74, 6) is 0. The van der Waals surface area contributed by atoms with E-state index in [0.717, 1.165) is 55.7 Å². The minimum atomic E-state index is 0.887. The first-order valence-corrected chi connectivity index (χ1v) is 16.4. The van der Waals surface area contributed by atoms with Crippen LogP contribution in [-0.4, -0.2) is 0 Å². The van der Waals surface area contributed by atoms with E-state index in [2.05, 4.69) is 181 Å². The van der Waals surface area contributed by atoms with Gasteiger partial charge in [0.1, 0.15) is 11.2 Å². The topological polar surface area (TPSA) is 16.4 Å². The van der Waals surface area contributed by atoms with Gasteiger partial charge in [0.15, 0.2) is 0 Å². The molecule has 2 heteroatoms. The Morgan fingerprint density at radius 2 is 0.896 bits per heavy atom. The van der Waals surface area contributed by atoms with Crippen molar-refractivity contribution >= 4 is 49.8 Å². The van der Waals surface area contributed by atoms with Crippen molar-refractivity contribution in [3.05, 3.63) is 188 Å². The normalized spacial score (nSPS) is 11.3. The highest BCUT2D eigenvalue weighted by molar-refractivity contribution is 6.06. The summed E-state index contributed by atoms with van der Waals surface area (Å²) >= 11 is 0. The first-order chi connectivity index (χ1) is 23.8. The highest BCUT2D eigenvalue weighted by Gasteiger charge is 2.21. The lowest BCUT2D eigenvalue weighted by Gasteiger charge is -2.30. The molecule has 8 aromatic carbocycles. The van der Waals surface area contributed by atoms with Crippen LogP contribution in [0.5, 0.6) is 0 Å². The van der Waals surface area contributed by atoms with E-state index in [1.54, 1.807) is 0 Å². The van der Waals surface area contributed by atoms with Gasteiger partial charge in [-0.15, -0.1) is 0 Å². The molecular weight excluding hydrogens is 583 g/mol. The van der Waals surface area contributed by atoms with Crippen LogP contribution in [-0.2, 0) is 0 Å². The zero-order valence-corrected chi connectivity index (χ0v) is 26.3. The molecule has 0 fully saturated rings. The molecule has 0 bridgehead atoms. The van der Waals surface area contributed by atoms with E-state index >= 15 is 0 Å². The number of hydrogen-bond acceptors (Lipinski definition) is 2. The van der Waals surface area contributed by atoms with Crippen molar-refractivity contribution in [2.45, 2.75) is 0 Å². The molecule has 0 unspecified atom stereocenters. The Labute approximate surface area is 279 Å². The van der Waals surface area contributed by atoms with E-state index in [-0.39, 0.29) is 0 Å². The van der Waals surface area contributed by atoms with Crippen LogP contribution >= 0.6 is 0 Å². The quantitative estimate of drug-likeness (QED) is 0.185. The van der Waals surface area contributed by atoms with Crippen molar-refractivity contribution < 1.29 is 4.42 Å². The van der Waals surface area contributed by atoms with Crippen LogP contribution in [0.25, 0.3) is 66.1 Å². The first kappa shape index (κ1) is 27.9. The molecule has 0 saturated carbocycles. The molecule has 0 aliphatic rings. The van der Waals surface area contributed by atoms with Crippen LogP contribution in [0, 0.1) is 0 Å². The van der Waals surface area contributed by atoms with Crippen molar-refractivity contribution in [1.82, 2.24) is 0 Å². The number of rotatable bonds is 6. The van der Waals surface area contributed by atoms with Crippen LogP contribution < -0.4 is 4.90 Å². The fourth-order valence-electron chi connectivity index (χ4n) is 7.03. The average Bonchev–Trinajstić information content (AvgIpc) is 3.54. The number of anilines is 3. The zero-order chi connectivity index (χ0) is 31.9. The van der Waals surface area contributed by atoms with Gasteiger partial charge in [-0.25, -0.2) is 0 Å². The summed E-state index contributed by atoms with van der Waals surface area (Å²) in [6.07, 6.45) is 0. The van der Waals surface area contributed by atoms with Crippen molar-refractivity contribution in [2.24, 2.45) is 0 Å². The molecule has 1 heterocycles. The molecule has 0 aliphatic heterocycles. The molecule has 0 aliphatic carbocycles. The van der Waals surface area contributed by atoms with Crippen LogP contribution in [0.15, 0.2) is 192 Å². The molecule has 0 spiro atoms. The molecule has 1 aromatic heterocycles. The lowest BCUT2D eigenvalue weighted by Crippen LogP contribution is -2.12. The second-order valence-electron chi connectivity index (χ2n) is 12.1. The smallest absolute Gasteiger partial charge is 0.136 e. The van der Waals surface area contributed by atoms with Crippen molar-refractivity contribution in [1.29, 1.82) is 0 Å². The zero-order valence-electron chi connectivity index (χ0n) is 26.3. The maximum atomic E-state index is 6.35. The Bertz CT molecular complexity index is 2570. The molecular formula is C46H31NO. The first-order valence-electron chi connectivity index (χ1n) is 16.4. The van der Waals surface area contributed by atoms with Gasteiger partial charge in [-0.2, -0.15) is 0 Å². The third-order valence-corrected chi connectivity index (χ3v) is 9.27. The standard InChI is InChI=1S/C46H31NO/c1-2-14-33(15-3-1)39-21-6-9-25-43(39)47(36-19-12-18-34(30-36)38-24-13-17-32-16-4-5-20-37(32)38)44-26-10-7-22-40(44)35-28-29-42-41-23-8-11-27-45(41)48-46(42)31-35/h1-31H. The monoisotopic (exact) mass is 613 g/mol. The van der Waals surface area contributed by atoms with Crippen LogP contribution in [0.2, 0.25) is 0 Å². The molecule has 2 nitrogen and oxygen atoms in total. The number of fused-ring (bicyclic) bond motifs is 4. The number of benzene rings is 8. The fourth-order valence-corrected chi connectivity index (χ4v) is 7.03. The number of hydrogen-bond donors (Lipinski definition) is 0. The second-order valence-corrected chi connectivity index (χ2v) is 12.1. The van der Waals surface area contributed by atoms with Gasteiger partial charge in [0.2, 0.25) is 0 Å². The Morgan fingerprint density at radius 1 is 0.333 bits per heavy atom. The summed E-state index contributed by atoms with van der Waals surface area (Å²) in [5.41, 5.74) is 12.0. The Balaban J connectivity index is 1.28. The summed E-state index contributed by atoms with van der Waals surface area (Å²) in [4.78, 5) is 2.41. The van der Waals surface area contributed by atoms with Gasteiger partial charge in [-0.3, -0.25) is 0 Å². The van der Waals surface area contributed by atoms with E-state index in [9.17, 15) is 0 Å². The van der Waals surface area contributed by atoms with E-state index in [1.165, 1.54) is 27.5 Å². The van der Waals surface area contributed by atoms with Crippen LogP contribution in [0.3, 0.4) is 0 Å². The van der Waals surface area contributed by atoms with Gasteiger partial charge in [-0.05, 0) is 75.5 Å². The van der Waals surface area contributed by atoms with Gasteiger partial charge in [0, 0.05) is 27.6 Å². The summed E-state index contributed by atoms with van der Waals surface area (Å²) in [6.45, 7) is 0. The van der Waals surface area contributed by atoms with E-state index < -0.39 is 0 Å². The van der Waals surface area contributed by atoms with Crippen LogP contribution in [0.4, 0.5) is 17.1 Å². The third-order valence-electron chi connectivity index (χ3n) is 9.27. The van der Waals surface area contributed by atoms with Crippen molar-refractivity contribution in [2.75, 3.05) is 4.90 Å². The number of nitrogens with zero attached hydrogens (tertiary/aromatic N) is 1. The molecule has 48 heavy (non-hydrogen) atoms. The molecule has 0 N–H and O–H groups in total. The second kappa shape index (κ2) is 11.8. The summed E-state index contributed by atoms with van der Waals surface area (Å²) in [7, 11) is 0. The third kappa shape index (κ3) is 4.83. The molecule has 0 atom stereocenters. The highest BCUT2D eigenvalue weighted by Crippen LogP contribution is 2.46. The van der Waals surface area contributed by atoms with Crippen molar-refractivity contribution in [3.8, 4) is 33.4 Å². The minimum Gasteiger partial charge on any atom is -0.456 e. The van der Waals surface area contributed by atoms with Crippen LogP contribution in [0.1, 0.15) is 0 Å². The lowest BCUT2D eigenvalue weighted by molar-refractivity contribution is 0.669. The van der Waals surface area contributed by atoms with Gasteiger partial charge >= 0.3 is 0 Å². The highest BCUT2D eigenvalue weighted by atomic mass is 16.3. The molecule has 0 radical (unpaired) electrons. The maximum Gasteiger partial charge on any atom is 0.136 e. The Hall–Kier alpha value is -6.38. The molecule has 9 aromatic rings. The maximum absolute atomic E-state index is 6.35. The van der Waals surface area contributed by atoms with Gasteiger partial charge in [0.05, 0.1) is 11.4 Å². The van der Waals surface area contributed by atoms with Crippen molar-refractivity contribution in [3.63, 3.8) is 0 Å². The number of para-hydroxylation sites is 3. The molecule has 226 valence electrons. The Kier molecular flexibility index (Phi) is 6.84. The molecule has 9 rings (SSSR count). The van der Waals surface area contributed by atoms with Gasteiger partial charge in [0.25, 0.3) is 0 Å². The Morgan fingerprint density at radius 3 is 1.73 bits per heavy atom. The van der Waals surface area contributed by atoms with E-state index in [1.807, 2.05) is 12.1 Å². The average molecular weight is 614 g/mol. The van der Waals surface area contributed by atoms with E-state index in [0.29, 0.717) is 0 Å².